The van der Waals surface area contributed by atoms with E-state index >= 15 is 0 Å². The second-order valence-electron chi connectivity index (χ2n) is 7.64. The van der Waals surface area contributed by atoms with E-state index in [2.05, 4.69) is 20.5 Å². The van der Waals surface area contributed by atoms with Crippen molar-refractivity contribution < 1.29 is 4.92 Å². The highest BCUT2D eigenvalue weighted by molar-refractivity contribution is 7.98. The number of thioether (sulfide) groups is 1. The van der Waals surface area contributed by atoms with Crippen LogP contribution in [0.5, 0.6) is 0 Å². The summed E-state index contributed by atoms with van der Waals surface area (Å²) in [4.78, 5) is 15.2. The van der Waals surface area contributed by atoms with E-state index in [9.17, 15) is 10.1 Å². The molecule has 0 unspecified atom stereocenters. The number of rotatable bonds is 8. The van der Waals surface area contributed by atoms with Gasteiger partial charge in [0, 0.05) is 35.2 Å². The molecular weight excluding hydrogens is 462 g/mol. The molecule has 0 N–H and O–H groups in total. The summed E-state index contributed by atoms with van der Waals surface area (Å²) in [7, 11) is 0. The lowest BCUT2D eigenvalue weighted by atomic mass is 10.0. The lowest BCUT2D eigenvalue weighted by Crippen LogP contribution is -2.00. The summed E-state index contributed by atoms with van der Waals surface area (Å²) < 4.78 is 1.70. The highest BCUT2D eigenvalue weighted by Gasteiger charge is 2.14. The lowest BCUT2D eigenvalue weighted by molar-refractivity contribution is -0.384. The highest BCUT2D eigenvalue weighted by atomic mass is 32.2. The van der Waals surface area contributed by atoms with E-state index in [-0.39, 0.29) is 5.69 Å². The molecule has 2 heterocycles. The van der Waals surface area contributed by atoms with Gasteiger partial charge in [0.25, 0.3) is 5.69 Å². The zero-order valence-electron chi connectivity index (χ0n) is 18.4. The predicted octanol–water partition coefficient (Wildman–Crippen LogP) is 5.05. The van der Waals surface area contributed by atoms with E-state index in [1.807, 2.05) is 66.9 Å². The Morgan fingerprint density at radius 3 is 2.11 bits per heavy atom. The average Bonchev–Trinajstić information content (AvgIpc) is 3.36. The van der Waals surface area contributed by atoms with Gasteiger partial charge >= 0.3 is 0 Å². The molecule has 5 rings (SSSR count). The fourth-order valence-corrected chi connectivity index (χ4v) is 4.15. The van der Waals surface area contributed by atoms with Crippen molar-refractivity contribution in [2.75, 3.05) is 0 Å². The summed E-state index contributed by atoms with van der Waals surface area (Å²) in [5.74, 6) is 0.529. The molecule has 0 fully saturated rings. The quantitative estimate of drug-likeness (QED) is 0.172. The van der Waals surface area contributed by atoms with Crippen LogP contribution in [0, 0.1) is 10.1 Å². The lowest BCUT2D eigenvalue weighted by Gasteiger charge is -2.09. The Bertz CT molecular complexity index is 1440. The summed E-state index contributed by atoms with van der Waals surface area (Å²) in [6.45, 7) is 0.470. The Labute approximate surface area is 205 Å². The van der Waals surface area contributed by atoms with Crippen molar-refractivity contribution in [1.29, 1.82) is 0 Å². The van der Waals surface area contributed by atoms with Crippen LogP contribution >= 0.6 is 11.8 Å². The molecule has 5 aromatic rings. The smallest absolute Gasteiger partial charge is 0.258 e. The van der Waals surface area contributed by atoms with Crippen LogP contribution in [0.3, 0.4) is 0 Å². The molecule has 3 aromatic carbocycles. The van der Waals surface area contributed by atoms with Gasteiger partial charge in [0.15, 0.2) is 0 Å². The van der Waals surface area contributed by atoms with Gasteiger partial charge in [-0.3, -0.25) is 10.1 Å². The Hall–Kier alpha value is -4.44. The minimum absolute atomic E-state index is 0.0613. The molecule has 10 heteroatoms. The first-order chi connectivity index (χ1) is 17.2. The van der Waals surface area contributed by atoms with E-state index in [0.717, 1.165) is 33.8 Å². The largest absolute Gasteiger partial charge is 0.269 e. The van der Waals surface area contributed by atoms with Crippen molar-refractivity contribution in [3.05, 3.63) is 112 Å². The zero-order valence-corrected chi connectivity index (χ0v) is 19.2. The molecule has 0 saturated heterocycles. The van der Waals surface area contributed by atoms with Gasteiger partial charge < -0.3 is 0 Å². The standard InChI is InChI=1S/C25H19N7O2S/c33-32(34)22-13-11-18(12-14-22)15-31-16-21(27-30-31)17-35-25-26-23(19-7-3-1-4-8-19)24(28-29-25)20-9-5-2-6-10-20/h1-14,16H,15,17H2. The second-order valence-corrected chi connectivity index (χ2v) is 8.59. The van der Waals surface area contributed by atoms with Gasteiger partial charge in [-0.25, -0.2) is 9.67 Å². The summed E-state index contributed by atoms with van der Waals surface area (Å²) in [5.41, 5.74) is 5.16. The van der Waals surface area contributed by atoms with E-state index in [4.69, 9.17) is 4.98 Å². The van der Waals surface area contributed by atoms with Gasteiger partial charge in [0.2, 0.25) is 5.16 Å². The van der Waals surface area contributed by atoms with Crippen LogP contribution in [-0.4, -0.2) is 35.1 Å². The third-order valence-corrected chi connectivity index (χ3v) is 6.06. The Kier molecular flexibility index (Phi) is 6.53. The van der Waals surface area contributed by atoms with Crippen molar-refractivity contribution in [3.8, 4) is 22.5 Å². The molecule has 0 aliphatic heterocycles. The minimum atomic E-state index is -0.416. The number of benzene rings is 3. The SMILES string of the molecule is O=[N+]([O-])c1ccc(Cn2cc(CSc3nnc(-c4ccccc4)c(-c4ccccc4)n3)nn2)cc1. The van der Waals surface area contributed by atoms with E-state index < -0.39 is 4.92 Å². The number of non-ortho nitro benzene ring substituents is 1. The predicted molar refractivity (Wildman–Crippen MR) is 132 cm³/mol. The van der Waals surface area contributed by atoms with Crippen molar-refractivity contribution in [3.63, 3.8) is 0 Å². The summed E-state index contributed by atoms with van der Waals surface area (Å²) in [5, 5.41) is 28.6. The van der Waals surface area contributed by atoms with Gasteiger partial charge in [-0.2, -0.15) is 0 Å². The maximum atomic E-state index is 10.8. The summed E-state index contributed by atoms with van der Waals surface area (Å²) in [6, 6.07) is 26.2. The monoisotopic (exact) mass is 481 g/mol. The third-order valence-electron chi connectivity index (χ3n) is 5.19. The molecular formula is C25H19N7O2S. The Morgan fingerprint density at radius 1 is 0.800 bits per heavy atom. The molecule has 0 atom stereocenters. The average molecular weight is 482 g/mol. The van der Waals surface area contributed by atoms with Crippen LogP contribution in [0.1, 0.15) is 11.3 Å². The van der Waals surface area contributed by atoms with Gasteiger partial charge in [-0.05, 0) is 5.56 Å². The van der Waals surface area contributed by atoms with Crippen LogP contribution in [0.25, 0.3) is 22.5 Å². The second kappa shape index (κ2) is 10.2. The van der Waals surface area contributed by atoms with Gasteiger partial charge in [0.05, 0.1) is 17.2 Å². The van der Waals surface area contributed by atoms with Gasteiger partial charge in [0.1, 0.15) is 11.4 Å². The van der Waals surface area contributed by atoms with Gasteiger partial charge in [-0.1, -0.05) is 89.8 Å². The summed E-state index contributed by atoms with van der Waals surface area (Å²) in [6.07, 6.45) is 1.85. The number of nitrogens with zero attached hydrogens (tertiary/aromatic N) is 7. The van der Waals surface area contributed by atoms with Crippen molar-refractivity contribution in [2.24, 2.45) is 0 Å². The summed E-state index contributed by atoms with van der Waals surface area (Å²) >= 11 is 1.44. The first-order valence-electron chi connectivity index (χ1n) is 10.8. The van der Waals surface area contributed by atoms with Crippen molar-refractivity contribution in [1.82, 2.24) is 30.2 Å². The fraction of sp³-hybridized carbons (Fsp3) is 0.0800. The van der Waals surface area contributed by atoms with Crippen LogP contribution in [0.15, 0.2) is 96.3 Å². The van der Waals surface area contributed by atoms with Gasteiger partial charge in [-0.15, -0.1) is 15.3 Å². The molecule has 0 radical (unpaired) electrons. The third kappa shape index (κ3) is 5.39. The Morgan fingerprint density at radius 2 is 1.46 bits per heavy atom. The number of nitro groups is 1. The van der Waals surface area contributed by atoms with Crippen molar-refractivity contribution in [2.45, 2.75) is 17.5 Å². The molecule has 0 saturated carbocycles. The van der Waals surface area contributed by atoms with Crippen LogP contribution in [-0.2, 0) is 12.3 Å². The van der Waals surface area contributed by atoms with E-state index in [1.54, 1.807) is 16.8 Å². The molecule has 0 aliphatic carbocycles. The number of aromatic nitrogens is 6. The molecule has 9 nitrogen and oxygen atoms in total. The van der Waals surface area contributed by atoms with Crippen molar-refractivity contribution >= 4 is 17.4 Å². The molecule has 0 amide bonds. The minimum Gasteiger partial charge on any atom is -0.258 e. The topological polar surface area (TPSA) is 113 Å². The number of nitro benzene ring substituents is 1. The molecule has 2 aromatic heterocycles. The normalized spacial score (nSPS) is 10.9. The number of hydrogen-bond acceptors (Lipinski definition) is 8. The van der Waals surface area contributed by atoms with Crippen LogP contribution in [0.2, 0.25) is 0 Å². The molecule has 172 valence electrons. The fourth-order valence-electron chi connectivity index (χ4n) is 3.49. The van der Waals surface area contributed by atoms with Crippen LogP contribution in [0.4, 0.5) is 5.69 Å². The van der Waals surface area contributed by atoms with E-state index in [1.165, 1.54) is 23.9 Å². The maximum Gasteiger partial charge on any atom is 0.269 e. The first-order valence-corrected chi connectivity index (χ1v) is 11.7. The molecule has 0 bridgehead atoms. The highest BCUT2D eigenvalue weighted by Crippen LogP contribution is 2.30. The molecule has 0 spiro atoms. The van der Waals surface area contributed by atoms with E-state index in [0.29, 0.717) is 17.5 Å². The number of hydrogen-bond donors (Lipinski definition) is 0. The molecule has 0 aliphatic rings. The first kappa shape index (κ1) is 22.4. The molecule has 35 heavy (non-hydrogen) atoms. The Balaban J connectivity index is 1.31. The van der Waals surface area contributed by atoms with Crippen LogP contribution < -0.4 is 0 Å². The maximum absolute atomic E-state index is 10.8. The zero-order chi connectivity index (χ0) is 24.0.